The first-order chi connectivity index (χ1) is 29.6. The van der Waals surface area contributed by atoms with Gasteiger partial charge in [-0.1, -0.05) is 121 Å². The maximum absolute atomic E-state index is 13.9. The maximum atomic E-state index is 13.9. The highest BCUT2D eigenvalue weighted by molar-refractivity contribution is 7.89. The van der Waals surface area contributed by atoms with Crippen LogP contribution in [0.5, 0.6) is 0 Å². The number of nitro groups is 1. The second-order valence-electron chi connectivity index (χ2n) is 14.3. The van der Waals surface area contributed by atoms with Crippen molar-refractivity contribution in [3.8, 4) is 0 Å². The standard InChI is InChI=1S/C45H48N4O11S/c1-32(50)47-41-43(58-29-36-20-12-5-13-21-36)42(57-28-35-18-10-4-11-19-35)40(31-56-27-34-16-8-3-9-17-34)60-45(41)59-30-39(44(51)46-26-33-14-6-2-7-15-33)48-61(54,55)38-24-22-37(23-25-38)49(52)53/h2-25,39-43,45,48H,26-31H2,1H3,(H,46,51)(H,47,50)/t39-,40+,41+,42+,43+,45+/m0/s1. The molecule has 5 aromatic carbocycles. The predicted octanol–water partition coefficient (Wildman–Crippen LogP) is 5.19. The van der Waals surface area contributed by atoms with Crippen LogP contribution in [0, 0.1) is 10.1 Å². The predicted molar refractivity (Wildman–Crippen MR) is 224 cm³/mol. The Balaban J connectivity index is 1.30. The Morgan fingerprint density at radius 3 is 1.74 bits per heavy atom. The zero-order valence-electron chi connectivity index (χ0n) is 33.4. The highest BCUT2D eigenvalue weighted by Crippen LogP contribution is 2.30. The molecule has 0 radical (unpaired) electrons. The molecule has 320 valence electrons. The van der Waals surface area contributed by atoms with Crippen LogP contribution in [-0.4, -0.2) is 75.1 Å². The Morgan fingerprint density at radius 1 is 0.705 bits per heavy atom. The maximum Gasteiger partial charge on any atom is 0.269 e. The molecule has 1 aliphatic heterocycles. The molecule has 0 aliphatic carbocycles. The summed E-state index contributed by atoms with van der Waals surface area (Å²) in [6.07, 6.45) is -3.92. The smallest absolute Gasteiger partial charge is 0.269 e. The Morgan fingerprint density at radius 2 is 1.21 bits per heavy atom. The minimum absolute atomic E-state index is 0.0000372. The van der Waals surface area contributed by atoms with Crippen molar-refractivity contribution in [1.82, 2.24) is 15.4 Å². The van der Waals surface area contributed by atoms with Gasteiger partial charge in [-0.15, -0.1) is 0 Å². The molecule has 0 unspecified atom stereocenters. The molecule has 1 fully saturated rings. The van der Waals surface area contributed by atoms with Crippen LogP contribution in [0.25, 0.3) is 0 Å². The van der Waals surface area contributed by atoms with E-state index in [4.69, 9.17) is 23.7 Å². The van der Waals surface area contributed by atoms with E-state index in [1.165, 1.54) is 6.92 Å². The molecule has 1 saturated heterocycles. The first-order valence-electron chi connectivity index (χ1n) is 19.6. The fourth-order valence-corrected chi connectivity index (χ4v) is 7.81. The third kappa shape index (κ3) is 13.3. The summed E-state index contributed by atoms with van der Waals surface area (Å²) in [6.45, 7) is 1.36. The molecule has 0 bridgehead atoms. The lowest BCUT2D eigenvalue weighted by atomic mass is 9.95. The van der Waals surface area contributed by atoms with Gasteiger partial charge in [0.2, 0.25) is 21.8 Å². The van der Waals surface area contributed by atoms with Crippen molar-refractivity contribution in [2.24, 2.45) is 0 Å². The van der Waals surface area contributed by atoms with E-state index in [1.807, 2.05) is 97.1 Å². The number of non-ortho nitro benzene ring substituents is 1. The summed E-state index contributed by atoms with van der Waals surface area (Å²) in [5.74, 6) is -1.17. The third-order valence-corrected chi connectivity index (χ3v) is 11.2. The highest BCUT2D eigenvalue weighted by Gasteiger charge is 2.49. The van der Waals surface area contributed by atoms with Crippen LogP contribution < -0.4 is 15.4 Å². The fourth-order valence-electron chi connectivity index (χ4n) is 6.63. The van der Waals surface area contributed by atoms with Gasteiger partial charge in [0.1, 0.15) is 30.4 Å². The number of carbonyl (C=O) groups is 2. The molecule has 1 aliphatic rings. The average Bonchev–Trinajstić information content (AvgIpc) is 3.27. The minimum Gasteiger partial charge on any atom is -0.374 e. The number of hydrogen-bond donors (Lipinski definition) is 3. The van der Waals surface area contributed by atoms with Crippen molar-refractivity contribution < 1.29 is 46.6 Å². The molecule has 3 N–H and O–H groups in total. The second kappa shape index (κ2) is 22.1. The van der Waals surface area contributed by atoms with Gasteiger partial charge in [0.15, 0.2) is 6.29 Å². The molecule has 6 atom stereocenters. The number of hydrogen-bond acceptors (Lipinski definition) is 11. The van der Waals surface area contributed by atoms with E-state index < -0.39 is 70.1 Å². The topological polar surface area (TPSA) is 194 Å². The van der Waals surface area contributed by atoms with E-state index in [9.17, 15) is 28.1 Å². The van der Waals surface area contributed by atoms with Crippen LogP contribution in [0.1, 0.15) is 29.2 Å². The van der Waals surface area contributed by atoms with E-state index in [2.05, 4.69) is 15.4 Å². The normalized spacial score (nSPS) is 19.4. The molecular formula is C45H48N4O11S. The van der Waals surface area contributed by atoms with Gasteiger partial charge in [-0.2, -0.15) is 4.72 Å². The van der Waals surface area contributed by atoms with Crippen molar-refractivity contribution in [3.63, 3.8) is 0 Å². The number of nitrogens with one attached hydrogen (secondary N) is 3. The minimum atomic E-state index is -4.45. The van der Waals surface area contributed by atoms with E-state index in [0.29, 0.717) is 0 Å². The summed E-state index contributed by atoms with van der Waals surface area (Å²) in [5, 5.41) is 16.9. The molecule has 5 aromatic rings. The zero-order chi connectivity index (χ0) is 43.0. The van der Waals surface area contributed by atoms with E-state index in [-0.39, 0.29) is 43.6 Å². The van der Waals surface area contributed by atoms with Crippen molar-refractivity contribution >= 4 is 27.5 Å². The molecule has 1 heterocycles. The number of ether oxygens (including phenoxy) is 5. The molecule has 2 amide bonds. The van der Waals surface area contributed by atoms with Gasteiger partial charge in [-0.25, -0.2) is 8.42 Å². The molecular weight excluding hydrogens is 805 g/mol. The lowest BCUT2D eigenvalue weighted by Crippen LogP contribution is -2.66. The largest absolute Gasteiger partial charge is 0.374 e. The van der Waals surface area contributed by atoms with E-state index >= 15 is 0 Å². The first-order valence-corrected chi connectivity index (χ1v) is 21.1. The summed E-state index contributed by atoms with van der Waals surface area (Å²) >= 11 is 0. The Hall–Kier alpha value is -5.85. The van der Waals surface area contributed by atoms with Gasteiger partial charge in [-0.05, 0) is 34.4 Å². The number of rotatable bonds is 21. The molecule has 15 nitrogen and oxygen atoms in total. The average molecular weight is 853 g/mol. The molecule has 0 spiro atoms. The van der Waals surface area contributed by atoms with E-state index in [0.717, 1.165) is 46.5 Å². The third-order valence-electron chi connectivity index (χ3n) is 9.69. The highest BCUT2D eigenvalue weighted by atomic mass is 32.2. The number of amides is 2. The lowest BCUT2D eigenvalue weighted by Gasteiger charge is -2.46. The lowest BCUT2D eigenvalue weighted by molar-refractivity contribution is -0.384. The van der Waals surface area contributed by atoms with Crippen molar-refractivity contribution in [2.75, 3.05) is 13.2 Å². The summed E-state index contributed by atoms with van der Waals surface area (Å²) in [5.41, 5.74) is 3.10. The Labute approximate surface area is 354 Å². The quantitative estimate of drug-likeness (QED) is 0.0650. The zero-order valence-corrected chi connectivity index (χ0v) is 34.2. The van der Waals surface area contributed by atoms with Gasteiger partial charge in [0.25, 0.3) is 5.69 Å². The van der Waals surface area contributed by atoms with Gasteiger partial charge in [0.05, 0.1) is 42.9 Å². The molecule has 0 saturated carbocycles. The summed E-state index contributed by atoms with van der Waals surface area (Å²) in [6, 6.07) is 39.2. The number of benzene rings is 5. The molecule has 0 aromatic heterocycles. The summed E-state index contributed by atoms with van der Waals surface area (Å²) in [4.78, 5) is 37.1. The number of nitro benzene ring substituents is 1. The number of sulfonamides is 1. The van der Waals surface area contributed by atoms with Crippen LogP contribution in [0.2, 0.25) is 0 Å². The van der Waals surface area contributed by atoms with Gasteiger partial charge in [0, 0.05) is 25.6 Å². The first kappa shape index (κ1) is 44.7. The molecule has 16 heteroatoms. The van der Waals surface area contributed by atoms with Crippen molar-refractivity contribution in [1.29, 1.82) is 0 Å². The summed E-state index contributed by atoms with van der Waals surface area (Å²) < 4.78 is 62.1. The van der Waals surface area contributed by atoms with Crippen LogP contribution in [0.4, 0.5) is 5.69 Å². The van der Waals surface area contributed by atoms with Gasteiger partial charge in [-0.3, -0.25) is 19.7 Å². The van der Waals surface area contributed by atoms with Crippen LogP contribution in [-0.2, 0) is 69.7 Å². The van der Waals surface area contributed by atoms with Crippen LogP contribution >= 0.6 is 0 Å². The molecule has 6 rings (SSSR count). The molecule has 61 heavy (non-hydrogen) atoms. The fraction of sp³-hybridized carbons (Fsp3) is 0.289. The number of carbonyl (C=O) groups excluding carboxylic acids is 2. The Bertz CT molecular complexity index is 2260. The summed E-state index contributed by atoms with van der Waals surface area (Å²) in [7, 11) is -4.45. The number of nitrogens with zero attached hydrogens (tertiary/aromatic N) is 1. The Kier molecular flexibility index (Phi) is 16.2. The SMILES string of the molecule is CC(=O)N[C@H]1[C@H](OC[C@H](NS(=O)(=O)c2ccc([N+](=O)[O-])cc2)C(=O)NCc2ccccc2)O[C@H](COCc2ccccc2)[C@@H](OCc2ccccc2)[C@@H]1OCc1ccccc1. The van der Waals surface area contributed by atoms with Gasteiger partial charge < -0.3 is 34.3 Å². The van der Waals surface area contributed by atoms with Crippen molar-refractivity contribution in [3.05, 3.63) is 178 Å². The van der Waals surface area contributed by atoms with Crippen molar-refractivity contribution in [2.45, 2.75) is 74.9 Å². The second-order valence-corrected chi connectivity index (χ2v) is 16.0. The van der Waals surface area contributed by atoms with Gasteiger partial charge >= 0.3 is 0 Å². The monoisotopic (exact) mass is 852 g/mol. The van der Waals surface area contributed by atoms with E-state index in [1.54, 1.807) is 24.3 Å². The van der Waals surface area contributed by atoms with Crippen LogP contribution in [0.3, 0.4) is 0 Å². The van der Waals surface area contributed by atoms with Crippen LogP contribution in [0.15, 0.2) is 150 Å².